The fourth-order valence-corrected chi connectivity index (χ4v) is 2.05. The van der Waals surface area contributed by atoms with Crippen LogP contribution in [0.25, 0.3) is 16.7 Å². The zero-order valence-electron chi connectivity index (χ0n) is 9.80. The molecule has 0 saturated heterocycles. The van der Waals surface area contributed by atoms with E-state index in [1.807, 2.05) is 47.0 Å². The van der Waals surface area contributed by atoms with Gasteiger partial charge in [-0.05, 0) is 36.4 Å². The molecular weight excluding hydrogens is 248 g/mol. The third kappa shape index (κ3) is 1.83. The van der Waals surface area contributed by atoms with Crippen molar-refractivity contribution in [1.82, 2.24) is 9.55 Å². The van der Waals surface area contributed by atoms with Gasteiger partial charge in [0.2, 0.25) is 0 Å². The quantitative estimate of drug-likeness (QED) is 0.701. The van der Waals surface area contributed by atoms with Gasteiger partial charge in [0.05, 0.1) is 18.1 Å². The molecule has 0 amide bonds. The molecule has 1 aromatic heterocycles. The van der Waals surface area contributed by atoms with Crippen molar-refractivity contribution in [3.63, 3.8) is 0 Å². The van der Waals surface area contributed by atoms with Gasteiger partial charge in [0.1, 0.15) is 12.1 Å². The molecule has 0 unspecified atom stereocenters. The Labute approximate surface area is 110 Å². The SMILES string of the molecule is COc1ccc2c(c1)ncn2-c1ccc(Cl)cc1. The summed E-state index contributed by atoms with van der Waals surface area (Å²) in [4.78, 5) is 4.38. The second-order valence-electron chi connectivity index (χ2n) is 3.95. The normalized spacial score (nSPS) is 10.8. The van der Waals surface area contributed by atoms with Crippen molar-refractivity contribution in [1.29, 1.82) is 0 Å². The van der Waals surface area contributed by atoms with Crippen LogP contribution >= 0.6 is 11.6 Å². The summed E-state index contributed by atoms with van der Waals surface area (Å²) in [5, 5.41) is 0.727. The summed E-state index contributed by atoms with van der Waals surface area (Å²) in [5.74, 6) is 0.809. The van der Waals surface area contributed by atoms with Crippen molar-refractivity contribution in [2.24, 2.45) is 0 Å². The van der Waals surface area contributed by atoms with E-state index < -0.39 is 0 Å². The van der Waals surface area contributed by atoms with Gasteiger partial charge >= 0.3 is 0 Å². The number of imidazole rings is 1. The monoisotopic (exact) mass is 258 g/mol. The second kappa shape index (κ2) is 4.35. The van der Waals surface area contributed by atoms with E-state index in [2.05, 4.69) is 4.98 Å². The Hall–Kier alpha value is -2.00. The number of fused-ring (bicyclic) bond motifs is 1. The maximum atomic E-state index is 5.89. The summed E-state index contributed by atoms with van der Waals surface area (Å²) in [5.41, 5.74) is 2.98. The Morgan fingerprint density at radius 1 is 1.11 bits per heavy atom. The van der Waals surface area contributed by atoms with Crippen LogP contribution in [0.1, 0.15) is 0 Å². The molecule has 0 fully saturated rings. The highest BCUT2D eigenvalue weighted by molar-refractivity contribution is 6.30. The number of nitrogens with zero attached hydrogens (tertiary/aromatic N) is 2. The van der Waals surface area contributed by atoms with Gasteiger partial charge in [-0.15, -0.1) is 0 Å². The van der Waals surface area contributed by atoms with Gasteiger partial charge in [0, 0.05) is 16.8 Å². The summed E-state index contributed by atoms with van der Waals surface area (Å²) < 4.78 is 7.21. The molecular formula is C14H11ClN2O. The minimum atomic E-state index is 0.727. The van der Waals surface area contributed by atoms with Crippen molar-refractivity contribution < 1.29 is 4.74 Å². The lowest BCUT2D eigenvalue weighted by Crippen LogP contribution is -1.91. The van der Waals surface area contributed by atoms with E-state index in [9.17, 15) is 0 Å². The van der Waals surface area contributed by atoms with Crippen LogP contribution in [0.5, 0.6) is 5.75 Å². The number of hydrogen-bond acceptors (Lipinski definition) is 2. The van der Waals surface area contributed by atoms with Crippen LogP contribution in [0, 0.1) is 0 Å². The largest absolute Gasteiger partial charge is 0.497 e. The molecule has 2 aromatic carbocycles. The molecule has 0 N–H and O–H groups in total. The molecule has 3 aromatic rings. The topological polar surface area (TPSA) is 27.1 Å². The van der Waals surface area contributed by atoms with Gasteiger partial charge in [0.15, 0.2) is 0 Å². The molecule has 90 valence electrons. The highest BCUT2D eigenvalue weighted by Gasteiger charge is 2.05. The molecule has 0 aliphatic carbocycles. The van der Waals surface area contributed by atoms with Crippen molar-refractivity contribution in [2.45, 2.75) is 0 Å². The summed E-state index contributed by atoms with van der Waals surface area (Å²) in [6, 6.07) is 13.5. The van der Waals surface area contributed by atoms with Crippen LogP contribution in [0.15, 0.2) is 48.8 Å². The first-order valence-corrected chi connectivity index (χ1v) is 5.93. The lowest BCUT2D eigenvalue weighted by Gasteiger charge is -2.04. The molecule has 3 nitrogen and oxygen atoms in total. The summed E-state index contributed by atoms with van der Waals surface area (Å²) in [6.45, 7) is 0. The number of aromatic nitrogens is 2. The van der Waals surface area contributed by atoms with E-state index in [0.717, 1.165) is 27.5 Å². The van der Waals surface area contributed by atoms with E-state index in [4.69, 9.17) is 16.3 Å². The molecule has 1 heterocycles. The Kier molecular flexibility index (Phi) is 2.68. The average Bonchev–Trinajstić information content (AvgIpc) is 2.82. The first-order chi connectivity index (χ1) is 8.78. The first kappa shape index (κ1) is 11.1. The van der Waals surface area contributed by atoms with Crippen LogP contribution < -0.4 is 4.74 Å². The van der Waals surface area contributed by atoms with E-state index >= 15 is 0 Å². The maximum absolute atomic E-state index is 5.89. The Morgan fingerprint density at radius 3 is 2.61 bits per heavy atom. The summed E-state index contributed by atoms with van der Waals surface area (Å²) >= 11 is 5.89. The molecule has 0 aliphatic heterocycles. The van der Waals surface area contributed by atoms with Gasteiger partial charge < -0.3 is 4.74 Å². The Balaban J connectivity index is 2.15. The number of hydrogen-bond donors (Lipinski definition) is 0. The lowest BCUT2D eigenvalue weighted by atomic mass is 10.2. The summed E-state index contributed by atoms with van der Waals surface area (Å²) in [6.07, 6.45) is 1.80. The van der Waals surface area contributed by atoms with Crippen molar-refractivity contribution in [3.05, 3.63) is 53.8 Å². The molecule has 18 heavy (non-hydrogen) atoms. The Bertz CT molecular complexity index is 689. The van der Waals surface area contributed by atoms with Crippen molar-refractivity contribution in [3.8, 4) is 11.4 Å². The van der Waals surface area contributed by atoms with Crippen molar-refractivity contribution in [2.75, 3.05) is 7.11 Å². The van der Waals surface area contributed by atoms with E-state index in [1.165, 1.54) is 0 Å². The van der Waals surface area contributed by atoms with E-state index in [0.29, 0.717) is 0 Å². The highest BCUT2D eigenvalue weighted by atomic mass is 35.5. The minimum Gasteiger partial charge on any atom is -0.497 e. The van der Waals surface area contributed by atoms with Gasteiger partial charge in [-0.25, -0.2) is 4.98 Å². The van der Waals surface area contributed by atoms with Gasteiger partial charge in [-0.1, -0.05) is 11.6 Å². The van der Waals surface area contributed by atoms with Gasteiger partial charge in [-0.3, -0.25) is 4.57 Å². The molecule has 0 spiro atoms. The van der Waals surface area contributed by atoms with Crippen LogP contribution in [0.3, 0.4) is 0 Å². The standard InChI is InChI=1S/C14H11ClN2O/c1-18-12-6-7-14-13(8-12)16-9-17(14)11-4-2-10(15)3-5-11/h2-9H,1H3. The summed E-state index contributed by atoms with van der Waals surface area (Å²) in [7, 11) is 1.65. The first-order valence-electron chi connectivity index (χ1n) is 5.55. The molecule has 3 rings (SSSR count). The molecule has 0 aliphatic rings. The minimum absolute atomic E-state index is 0.727. The van der Waals surface area contributed by atoms with Gasteiger partial charge in [-0.2, -0.15) is 0 Å². The van der Waals surface area contributed by atoms with E-state index in [-0.39, 0.29) is 0 Å². The zero-order chi connectivity index (χ0) is 12.5. The average molecular weight is 259 g/mol. The molecule has 0 bridgehead atoms. The maximum Gasteiger partial charge on any atom is 0.121 e. The van der Waals surface area contributed by atoms with Crippen LogP contribution in [0.4, 0.5) is 0 Å². The number of halogens is 1. The number of benzene rings is 2. The fourth-order valence-electron chi connectivity index (χ4n) is 1.93. The number of rotatable bonds is 2. The van der Waals surface area contributed by atoms with Crippen LogP contribution in [-0.2, 0) is 0 Å². The highest BCUT2D eigenvalue weighted by Crippen LogP contribution is 2.23. The smallest absolute Gasteiger partial charge is 0.121 e. The predicted molar refractivity (Wildman–Crippen MR) is 72.6 cm³/mol. The van der Waals surface area contributed by atoms with Crippen molar-refractivity contribution >= 4 is 22.6 Å². The fraction of sp³-hybridized carbons (Fsp3) is 0.0714. The second-order valence-corrected chi connectivity index (χ2v) is 4.38. The predicted octanol–water partition coefficient (Wildman–Crippen LogP) is 3.69. The molecule has 0 radical (unpaired) electrons. The molecule has 0 atom stereocenters. The number of methoxy groups -OCH3 is 1. The third-order valence-corrected chi connectivity index (χ3v) is 3.11. The molecule has 0 saturated carbocycles. The van der Waals surface area contributed by atoms with Crippen LogP contribution in [-0.4, -0.2) is 16.7 Å². The lowest BCUT2D eigenvalue weighted by molar-refractivity contribution is 0.415. The van der Waals surface area contributed by atoms with Gasteiger partial charge in [0.25, 0.3) is 0 Å². The van der Waals surface area contributed by atoms with E-state index in [1.54, 1.807) is 13.4 Å². The Morgan fingerprint density at radius 2 is 1.89 bits per heavy atom. The zero-order valence-corrected chi connectivity index (χ0v) is 10.6. The third-order valence-electron chi connectivity index (χ3n) is 2.86. The molecule has 4 heteroatoms. The van der Waals surface area contributed by atoms with Crippen LogP contribution in [0.2, 0.25) is 5.02 Å². The number of ether oxygens (including phenoxy) is 1.